The molecular weight excluding hydrogens is 662 g/mol. The Morgan fingerprint density at radius 1 is 0.958 bits per heavy atom. The van der Waals surface area contributed by atoms with Crippen molar-refractivity contribution in [3.05, 3.63) is 89.7 Å². The van der Waals surface area contributed by atoms with Gasteiger partial charge in [-0.15, -0.1) is 0 Å². The molecule has 254 valence electrons. The predicted octanol–water partition coefficient (Wildman–Crippen LogP) is 2.00. The SMILES string of the molecule is CC1(C)C(/C=C/C=C/C=C2/N(CCCCCC(=O)O)c3ccc(P(=O)([O-])O)cc3C2(C)C)=[N+](CCCCS(=O)(=O)[O-])c2ccccc21.[Na+]. The van der Waals surface area contributed by atoms with Crippen LogP contribution in [0.4, 0.5) is 11.4 Å². The summed E-state index contributed by atoms with van der Waals surface area (Å²) in [7, 11) is -8.96. The van der Waals surface area contributed by atoms with Crippen LogP contribution in [0.15, 0.2) is 78.5 Å². The number of hydrogen-bond acceptors (Lipinski definition) is 7. The fourth-order valence-electron chi connectivity index (χ4n) is 6.59. The van der Waals surface area contributed by atoms with E-state index in [9.17, 15) is 32.1 Å². The number of carbonyl (C=O) groups is 1. The fourth-order valence-corrected chi connectivity index (χ4v) is 7.70. The minimum Gasteiger partial charge on any atom is -0.775 e. The second kappa shape index (κ2) is 16.1. The van der Waals surface area contributed by atoms with E-state index in [-0.39, 0.29) is 58.9 Å². The number of hydrogen-bond donors (Lipinski definition) is 2. The maximum atomic E-state index is 12.0. The van der Waals surface area contributed by atoms with Gasteiger partial charge in [-0.1, -0.05) is 56.7 Å². The Labute approximate surface area is 306 Å². The number of allylic oxidation sites excluding steroid dienone is 6. The third kappa shape index (κ3) is 9.46. The minimum absolute atomic E-state index is 0. The van der Waals surface area contributed by atoms with Crippen LogP contribution in [0.3, 0.4) is 0 Å². The van der Waals surface area contributed by atoms with Crippen molar-refractivity contribution in [1.82, 2.24) is 0 Å². The van der Waals surface area contributed by atoms with Crippen LogP contribution < -0.4 is 44.7 Å². The maximum Gasteiger partial charge on any atom is 1.00 e. The molecule has 2 aliphatic rings. The Morgan fingerprint density at radius 3 is 2.33 bits per heavy atom. The molecule has 0 aromatic heterocycles. The number of para-hydroxylation sites is 1. The first-order chi connectivity index (χ1) is 21.9. The third-order valence-corrected chi connectivity index (χ3v) is 10.7. The Hall–Kier alpha value is -2.34. The molecular formula is C35H44N2NaO8PS. The quantitative estimate of drug-likeness (QED) is 0.0705. The number of fused-ring (bicyclic) bond motifs is 2. The molecule has 2 heterocycles. The van der Waals surface area contributed by atoms with Crippen LogP contribution in [0.1, 0.15) is 77.3 Å². The van der Waals surface area contributed by atoms with Crippen LogP contribution in [0.25, 0.3) is 0 Å². The molecule has 0 spiro atoms. The molecule has 2 aliphatic heterocycles. The van der Waals surface area contributed by atoms with Gasteiger partial charge in [-0.25, -0.2) is 8.42 Å². The summed E-state index contributed by atoms with van der Waals surface area (Å²) in [5.74, 6) is -1.21. The number of carboxylic acids is 1. The second-order valence-corrected chi connectivity index (χ2v) is 16.2. The number of benzene rings is 2. The first kappa shape index (κ1) is 40.1. The van der Waals surface area contributed by atoms with E-state index in [0.29, 0.717) is 25.9 Å². The van der Waals surface area contributed by atoms with Crippen molar-refractivity contribution in [3.8, 4) is 0 Å². The summed E-state index contributed by atoms with van der Waals surface area (Å²) < 4.78 is 47.5. The molecule has 48 heavy (non-hydrogen) atoms. The Morgan fingerprint density at radius 2 is 1.67 bits per heavy atom. The van der Waals surface area contributed by atoms with Gasteiger partial charge in [0.1, 0.15) is 6.54 Å². The van der Waals surface area contributed by atoms with Gasteiger partial charge in [0.15, 0.2) is 13.3 Å². The van der Waals surface area contributed by atoms with E-state index in [0.717, 1.165) is 46.8 Å². The van der Waals surface area contributed by atoms with E-state index in [1.54, 1.807) is 6.07 Å². The normalized spacial score (nSPS) is 18.7. The van der Waals surface area contributed by atoms with Crippen LogP contribution in [-0.2, 0) is 30.3 Å². The number of rotatable bonds is 15. The first-order valence-corrected chi connectivity index (χ1v) is 19.0. The van der Waals surface area contributed by atoms with Crippen molar-refractivity contribution in [3.63, 3.8) is 0 Å². The van der Waals surface area contributed by atoms with Gasteiger partial charge in [0.25, 0.3) is 0 Å². The van der Waals surface area contributed by atoms with Gasteiger partial charge < -0.3 is 28.9 Å². The first-order valence-electron chi connectivity index (χ1n) is 15.9. The smallest absolute Gasteiger partial charge is 0.775 e. The average Bonchev–Trinajstić information content (AvgIpc) is 3.32. The number of aliphatic carboxylic acids is 1. The number of carboxylic acid groups (broad SMARTS) is 1. The molecule has 0 bridgehead atoms. The molecule has 0 saturated heterocycles. The largest absolute Gasteiger partial charge is 1.00 e. The minimum atomic E-state index is -4.69. The van der Waals surface area contributed by atoms with Gasteiger partial charge in [0.2, 0.25) is 5.69 Å². The van der Waals surface area contributed by atoms with E-state index < -0.39 is 29.1 Å². The summed E-state index contributed by atoms with van der Waals surface area (Å²) in [5, 5.41) is 8.86. The van der Waals surface area contributed by atoms with Crippen molar-refractivity contribution >= 4 is 46.1 Å². The van der Waals surface area contributed by atoms with E-state index in [4.69, 9.17) is 5.11 Å². The Kier molecular flexibility index (Phi) is 13.5. The number of unbranched alkanes of at least 4 members (excludes halogenated alkanes) is 3. The van der Waals surface area contributed by atoms with E-state index in [1.807, 2.05) is 62.4 Å². The van der Waals surface area contributed by atoms with Crippen molar-refractivity contribution in [1.29, 1.82) is 0 Å². The summed E-state index contributed by atoms with van der Waals surface area (Å²) in [6.45, 7) is 9.50. The number of anilines is 1. The van der Waals surface area contributed by atoms with Crippen LogP contribution in [-0.4, -0.2) is 58.1 Å². The molecule has 0 radical (unpaired) electrons. The van der Waals surface area contributed by atoms with Gasteiger partial charge in [0.05, 0.1) is 15.5 Å². The van der Waals surface area contributed by atoms with Gasteiger partial charge in [-0.3, -0.25) is 4.79 Å². The molecule has 0 saturated carbocycles. The molecule has 4 rings (SSSR count). The molecule has 0 aliphatic carbocycles. The van der Waals surface area contributed by atoms with Crippen molar-refractivity contribution in [2.75, 3.05) is 23.7 Å². The monoisotopic (exact) mass is 706 g/mol. The van der Waals surface area contributed by atoms with Crippen LogP contribution >= 0.6 is 7.60 Å². The number of nitrogens with zero attached hydrogens (tertiary/aromatic N) is 2. The summed E-state index contributed by atoms with van der Waals surface area (Å²) in [4.78, 5) is 34.8. The zero-order valence-electron chi connectivity index (χ0n) is 28.4. The summed E-state index contributed by atoms with van der Waals surface area (Å²) in [6, 6.07) is 12.8. The molecule has 10 nitrogen and oxygen atoms in total. The van der Waals surface area contributed by atoms with E-state index in [1.165, 1.54) is 12.1 Å². The maximum absolute atomic E-state index is 12.0. The molecule has 13 heteroatoms. The molecule has 2 N–H and O–H groups in total. The molecule has 2 aromatic rings. The Balaban J connectivity index is 0.00000625. The van der Waals surface area contributed by atoms with Crippen LogP contribution in [0, 0.1) is 0 Å². The molecule has 1 unspecified atom stereocenters. The third-order valence-electron chi connectivity index (χ3n) is 9.03. The zero-order chi connectivity index (χ0) is 34.6. The standard InChI is InChI=1S/C35H45N2O8PS.Na/c1-34(2)27-15-10-11-16-29(27)36(23-13-14-24-47(43,44)45)31(34)17-7-5-8-18-32-35(3,4)28-25-26(46(40,41)42)20-21-30(28)37(32)22-12-6-9-19-33(38)39;/h5,7-8,10-11,15-18,20-21,25H,6,9,12-14,19,22-24H2,1-4H3,(H3-,38,39,40,41,42,43,44,45);/q;+1/p-1. The van der Waals surface area contributed by atoms with Gasteiger partial charge in [-0.2, -0.15) is 4.58 Å². The van der Waals surface area contributed by atoms with Crippen LogP contribution in [0.5, 0.6) is 0 Å². The molecule has 0 fully saturated rings. The van der Waals surface area contributed by atoms with Crippen molar-refractivity contribution in [2.45, 2.75) is 77.0 Å². The average molecular weight is 707 g/mol. The molecule has 2 aromatic carbocycles. The van der Waals surface area contributed by atoms with Crippen molar-refractivity contribution in [2.24, 2.45) is 0 Å². The second-order valence-electron chi connectivity index (χ2n) is 13.1. The van der Waals surface area contributed by atoms with Gasteiger partial charge in [-0.05, 0) is 62.9 Å². The predicted molar refractivity (Wildman–Crippen MR) is 182 cm³/mol. The van der Waals surface area contributed by atoms with E-state index >= 15 is 0 Å². The van der Waals surface area contributed by atoms with E-state index in [2.05, 4.69) is 29.4 Å². The van der Waals surface area contributed by atoms with Gasteiger partial charge >= 0.3 is 35.5 Å². The molecule has 0 amide bonds. The van der Waals surface area contributed by atoms with Crippen LogP contribution in [0.2, 0.25) is 0 Å². The van der Waals surface area contributed by atoms with Gasteiger partial charge in [0, 0.05) is 64.9 Å². The summed E-state index contributed by atoms with van der Waals surface area (Å²) >= 11 is 0. The Bertz CT molecular complexity index is 1790. The summed E-state index contributed by atoms with van der Waals surface area (Å²) in [5.41, 5.74) is 4.97. The topological polar surface area (TPSA) is 161 Å². The zero-order valence-corrected chi connectivity index (χ0v) is 32.1. The fraction of sp³-hybridized carbons (Fsp3) is 0.429. The van der Waals surface area contributed by atoms with Crippen molar-refractivity contribution < 1.29 is 71.4 Å². The molecule has 1 atom stereocenters. The summed E-state index contributed by atoms with van der Waals surface area (Å²) in [6.07, 6.45) is 12.9.